The van der Waals surface area contributed by atoms with Crippen molar-refractivity contribution in [2.75, 3.05) is 0 Å². The van der Waals surface area contributed by atoms with Crippen molar-refractivity contribution in [2.24, 2.45) is 16.2 Å². The van der Waals surface area contributed by atoms with Crippen molar-refractivity contribution >= 4 is 0 Å². The van der Waals surface area contributed by atoms with Crippen molar-refractivity contribution < 1.29 is 0 Å². The van der Waals surface area contributed by atoms with Gasteiger partial charge >= 0.3 is 0 Å². The van der Waals surface area contributed by atoms with Gasteiger partial charge in [0.1, 0.15) is 0 Å². The maximum atomic E-state index is 9.26. The van der Waals surface area contributed by atoms with E-state index >= 15 is 0 Å². The molecule has 0 saturated carbocycles. The molecule has 4 heteroatoms. The van der Waals surface area contributed by atoms with Crippen LogP contribution in [0.4, 0.5) is 0 Å². The van der Waals surface area contributed by atoms with E-state index in [2.05, 4.69) is 0 Å². The van der Waals surface area contributed by atoms with E-state index < -0.39 is 16.2 Å². The molecule has 0 aromatic heterocycles. The Labute approximate surface area is 94.6 Å². The van der Waals surface area contributed by atoms with Gasteiger partial charge in [-0.1, -0.05) is 19.4 Å². The summed E-state index contributed by atoms with van der Waals surface area (Å²) in [6.45, 7) is 5.16. The standard InChI is InChI=1S/C12H10N4/c1-9-4-11(5-13,6-14)12(7-15,8-16)10(9,2)3/h4H,1-3H3. The molecule has 4 nitrogen and oxygen atoms in total. The molecule has 1 rings (SSSR count). The van der Waals surface area contributed by atoms with Crippen LogP contribution in [0.1, 0.15) is 20.8 Å². The smallest absolute Gasteiger partial charge is 0.194 e. The van der Waals surface area contributed by atoms with Gasteiger partial charge < -0.3 is 0 Å². The van der Waals surface area contributed by atoms with Gasteiger partial charge in [-0.15, -0.1) is 0 Å². The summed E-state index contributed by atoms with van der Waals surface area (Å²) in [5.41, 5.74) is -3.40. The van der Waals surface area contributed by atoms with E-state index in [1.807, 2.05) is 24.3 Å². The third-order valence-electron chi connectivity index (χ3n) is 3.64. The molecule has 0 N–H and O–H groups in total. The highest BCUT2D eigenvalue weighted by Crippen LogP contribution is 2.60. The third kappa shape index (κ3) is 0.894. The second-order valence-electron chi connectivity index (χ2n) is 4.46. The van der Waals surface area contributed by atoms with E-state index in [0.29, 0.717) is 0 Å². The first-order valence-electron chi connectivity index (χ1n) is 4.72. The normalized spacial score (nSPS) is 23.1. The molecule has 0 saturated heterocycles. The Balaban J connectivity index is 3.74. The van der Waals surface area contributed by atoms with Crippen molar-refractivity contribution in [3.05, 3.63) is 11.6 Å². The van der Waals surface area contributed by atoms with Crippen LogP contribution in [0.5, 0.6) is 0 Å². The summed E-state index contributed by atoms with van der Waals surface area (Å²) in [6, 6.07) is 7.41. The Kier molecular flexibility index (Phi) is 2.28. The van der Waals surface area contributed by atoms with Gasteiger partial charge in [0.25, 0.3) is 0 Å². The quantitative estimate of drug-likeness (QED) is 0.571. The summed E-state index contributed by atoms with van der Waals surface area (Å²) in [5, 5.41) is 36.8. The molecular weight excluding hydrogens is 200 g/mol. The molecule has 78 valence electrons. The van der Waals surface area contributed by atoms with Gasteiger partial charge in [-0.3, -0.25) is 0 Å². The first-order valence-corrected chi connectivity index (χ1v) is 4.72. The first-order chi connectivity index (χ1) is 7.37. The van der Waals surface area contributed by atoms with E-state index in [4.69, 9.17) is 10.5 Å². The van der Waals surface area contributed by atoms with Gasteiger partial charge in [-0.05, 0) is 13.0 Å². The van der Waals surface area contributed by atoms with Gasteiger partial charge in [-0.25, -0.2) is 0 Å². The van der Waals surface area contributed by atoms with Crippen LogP contribution in [0.25, 0.3) is 0 Å². The Morgan fingerprint density at radius 2 is 1.38 bits per heavy atom. The molecule has 0 atom stereocenters. The van der Waals surface area contributed by atoms with Crippen LogP contribution in [-0.2, 0) is 0 Å². The summed E-state index contributed by atoms with van der Waals surface area (Å²) in [6.07, 6.45) is 1.44. The van der Waals surface area contributed by atoms with Crippen LogP contribution in [-0.4, -0.2) is 0 Å². The van der Waals surface area contributed by atoms with Gasteiger partial charge in [-0.2, -0.15) is 21.0 Å². The SMILES string of the molecule is CC1=CC(C#N)(C#N)C(C#N)(C#N)C1(C)C. The molecule has 0 fully saturated rings. The number of hydrogen-bond acceptors (Lipinski definition) is 4. The second kappa shape index (κ2) is 3.10. The second-order valence-corrected chi connectivity index (χ2v) is 4.46. The van der Waals surface area contributed by atoms with Gasteiger partial charge in [0, 0.05) is 5.41 Å². The van der Waals surface area contributed by atoms with Crippen LogP contribution in [0, 0.1) is 61.6 Å². The van der Waals surface area contributed by atoms with E-state index in [1.54, 1.807) is 20.8 Å². The zero-order valence-corrected chi connectivity index (χ0v) is 9.37. The van der Waals surface area contributed by atoms with Crippen LogP contribution < -0.4 is 0 Å². The zero-order valence-electron chi connectivity index (χ0n) is 9.37. The predicted molar refractivity (Wildman–Crippen MR) is 54.9 cm³/mol. The molecule has 0 aliphatic heterocycles. The van der Waals surface area contributed by atoms with Crippen LogP contribution >= 0.6 is 0 Å². The molecule has 0 aromatic carbocycles. The van der Waals surface area contributed by atoms with Crippen molar-refractivity contribution in [1.29, 1.82) is 21.0 Å². The Hall–Kier alpha value is -2.30. The van der Waals surface area contributed by atoms with E-state index in [1.165, 1.54) is 6.08 Å². The van der Waals surface area contributed by atoms with Gasteiger partial charge in [0.05, 0.1) is 24.3 Å². The van der Waals surface area contributed by atoms with Crippen molar-refractivity contribution in [3.8, 4) is 24.3 Å². The van der Waals surface area contributed by atoms with Gasteiger partial charge in [0.15, 0.2) is 10.8 Å². The van der Waals surface area contributed by atoms with Gasteiger partial charge in [0.2, 0.25) is 0 Å². The Bertz CT molecular complexity index is 497. The Morgan fingerprint density at radius 1 is 0.938 bits per heavy atom. The number of allylic oxidation sites excluding steroid dienone is 2. The number of nitrogens with zero attached hydrogens (tertiary/aromatic N) is 4. The fourth-order valence-corrected chi connectivity index (χ4v) is 2.14. The lowest BCUT2D eigenvalue weighted by Crippen LogP contribution is -2.43. The molecule has 1 aliphatic rings. The van der Waals surface area contributed by atoms with Crippen molar-refractivity contribution in [1.82, 2.24) is 0 Å². The first kappa shape index (κ1) is 11.8. The zero-order chi connectivity index (χ0) is 12.6. The minimum absolute atomic E-state index is 0.721. The lowest BCUT2D eigenvalue weighted by atomic mass is 9.58. The minimum atomic E-state index is -1.68. The largest absolute Gasteiger partial charge is 0.196 e. The maximum Gasteiger partial charge on any atom is 0.194 e. The fourth-order valence-electron chi connectivity index (χ4n) is 2.14. The molecule has 0 bridgehead atoms. The summed E-state index contributed by atoms with van der Waals surface area (Å²) in [7, 11) is 0. The monoisotopic (exact) mass is 210 g/mol. The topological polar surface area (TPSA) is 95.2 Å². The molecule has 0 radical (unpaired) electrons. The lowest BCUT2D eigenvalue weighted by Gasteiger charge is -2.35. The summed E-state index contributed by atoms with van der Waals surface area (Å²) >= 11 is 0. The van der Waals surface area contributed by atoms with Crippen LogP contribution in [0.15, 0.2) is 11.6 Å². The average Bonchev–Trinajstić information content (AvgIpc) is 2.45. The fraction of sp³-hybridized carbons (Fsp3) is 0.500. The molecule has 0 heterocycles. The highest BCUT2D eigenvalue weighted by Gasteiger charge is 2.66. The van der Waals surface area contributed by atoms with E-state index in [0.717, 1.165) is 5.57 Å². The summed E-state index contributed by atoms with van der Waals surface area (Å²) < 4.78 is 0. The molecule has 1 aliphatic carbocycles. The van der Waals surface area contributed by atoms with E-state index in [9.17, 15) is 10.5 Å². The highest BCUT2D eigenvalue weighted by molar-refractivity contribution is 5.51. The molecular formula is C12H10N4. The molecule has 0 aromatic rings. The predicted octanol–water partition coefficient (Wildman–Crippen LogP) is 2.04. The summed E-state index contributed by atoms with van der Waals surface area (Å²) in [4.78, 5) is 0. The highest BCUT2D eigenvalue weighted by atomic mass is 14.7. The van der Waals surface area contributed by atoms with E-state index in [-0.39, 0.29) is 0 Å². The Morgan fingerprint density at radius 3 is 1.62 bits per heavy atom. The van der Waals surface area contributed by atoms with Crippen molar-refractivity contribution in [3.63, 3.8) is 0 Å². The lowest BCUT2D eigenvalue weighted by molar-refractivity contribution is 0.207. The maximum absolute atomic E-state index is 9.26. The van der Waals surface area contributed by atoms with Crippen LogP contribution in [0.3, 0.4) is 0 Å². The summed E-state index contributed by atoms with van der Waals surface area (Å²) in [5.74, 6) is 0. The molecule has 0 unspecified atom stereocenters. The van der Waals surface area contributed by atoms with Crippen molar-refractivity contribution in [2.45, 2.75) is 20.8 Å². The number of rotatable bonds is 0. The average molecular weight is 210 g/mol. The van der Waals surface area contributed by atoms with Crippen LogP contribution in [0.2, 0.25) is 0 Å². The third-order valence-corrected chi connectivity index (χ3v) is 3.64. The number of hydrogen-bond donors (Lipinski definition) is 0. The minimum Gasteiger partial charge on any atom is -0.196 e. The molecule has 16 heavy (non-hydrogen) atoms. The number of nitriles is 4. The molecule has 0 amide bonds. The molecule has 0 spiro atoms.